The first-order chi connectivity index (χ1) is 11.0. The molecule has 23 heavy (non-hydrogen) atoms. The zero-order valence-electron chi connectivity index (χ0n) is 13.3. The summed E-state index contributed by atoms with van der Waals surface area (Å²) in [5.41, 5.74) is 0. The third-order valence-corrected chi connectivity index (χ3v) is 4.69. The summed E-state index contributed by atoms with van der Waals surface area (Å²) < 4.78 is 1.84. The SMILES string of the molecule is Cn1nccc1N1CCCC(NC(=O)N2CCC(C(=O)O)C2)C1. The second-order valence-electron chi connectivity index (χ2n) is 6.32. The number of hydrogen-bond donors (Lipinski definition) is 2. The third-order valence-electron chi connectivity index (χ3n) is 4.69. The van der Waals surface area contributed by atoms with E-state index in [-0.39, 0.29) is 12.1 Å². The maximum absolute atomic E-state index is 12.3. The first-order valence-electron chi connectivity index (χ1n) is 8.06. The molecule has 2 atom stereocenters. The summed E-state index contributed by atoms with van der Waals surface area (Å²) in [4.78, 5) is 27.2. The molecule has 8 nitrogen and oxygen atoms in total. The first-order valence-corrected chi connectivity index (χ1v) is 8.06. The molecule has 2 N–H and O–H groups in total. The maximum Gasteiger partial charge on any atom is 0.317 e. The predicted molar refractivity (Wildman–Crippen MR) is 84.3 cm³/mol. The van der Waals surface area contributed by atoms with Crippen molar-refractivity contribution in [1.29, 1.82) is 0 Å². The second kappa shape index (κ2) is 6.47. The number of aliphatic carboxylic acids is 1. The molecule has 2 aliphatic rings. The van der Waals surface area contributed by atoms with Crippen molar-refractivity contribution < 1.29 is 14.7 Å². The van der Waals surface area contributed by atoms with Gasteiger partial charge in [-0.05, 0) is 19.3 Å². The van der Waals surface area contributed by atoms with Gasteiger partial charge in [0.2, 0.25) is 0 Å². The predicted octanol–water partition coefficient (Wildman–Crippen LogP) is 0.505. The molecule has 0 aliphatic carbocycles. The summed E-state index contributed by atoms with van der Waals surface area (Å²) in [6.07, 6.45) is 4.26. The molecule has 0 radical (unpaired) electrons. The molecule has 8 heteroatoms. The largest absolute Gasteiger partial charge is 0.481 e. The van der Waals surface area contributed by atoms with Gasteiger partial charge in [0.15, 0.2) is 0 Å². The number of nitrogens with one attached hydrogen (secondary N) is 1. The van der Waals surface area contributed by atoms with Crippen molar-refractivity contribution in [1.82, 2.24) is 20.0 Å². The molecule has 2 amide bonds. The quantitative estimate of drug-likeness (QED) is 0.846. The van der Waals surface area contributed by atoms with Crippen LogP contribution in [0.25, 0.3) is 0 Å². The van der Waals surface area contributed by atoms with Gasteiger partial charge >= 0.3 is 12.0 Å². The fourth-order valence-electron chi connectivity index (χ4n) is 3.39. The van der Waals surface area contributed by atoms with Crippen molar-refractivity contribution >= 4 is 17.8 Å². The van der Waals surface area contributed by atoms with Gasteiger partial charge in [-0.2, -0.15) is 5.10 Å². The Morgan fingerprint density at radius 2 is 2.13 bits per heavy atom. The number of aryl methyl sites for hydroxylation is 1. The number of carbonyl (C=O) groups is 2. The van der Waals surface area contributed by atoms with Gasteiger partial charge in [0.25, 0.3) is 0 Å². The molecule has 2 aliphatic heterocycles. The Hall–Kier alpha value is -2.25. The number of piperidine rings is 1. The molecular weight excluding hydrogens is 298 g/mol. The van der Waals surface area contributed by atoms with Crippen LogP contribution in [0.4, 0.5) is 10.6 Å². The fourth-order valence-corrected chi connectivity index (χ4v) is 3.39. The number of carbonyl (C=O) groups excluding carboxylic acids is 1. The van der Waals surface area contributed by atoms with E-state index in [4.69, 9.17) is 5.11 Å². The molecule has 0 aromatic carbocycles. The molecule has 0 spiro atoms. The van der Waals surface area contributed by atoms with Crippen molar-refractivity contribution in [3.63, 3.8) is 0 Å². The molecule has 0 saturated carbocycles. The number of urea groups is 1. The Kier molecular flexibility index (Phi) is 4.40. The van der Waals surface area contributed by atoms with Crippen molar-refractivity contribution in [2.45, 2.75) is 25.3 Å². The number of anilines is 1. The Balaban J connectivity index is 1.55. The summed E-state index contributed by atoms with van der Waals surface area (Å²) in [5.74, 6) is -0.200. The van der Waals surface area contributed by atoms with Crippen LogP contribution in [0.15, 0.2) is 12.3 Å². The summed E-state index contributed by atoms with van der Waals surface area (Å²) >= 11 is 0. The van der Waals surface area contributed by atoms with E-state index in [1.807, 2.05) is 17.8 Å². The number of hydrogen-bond acceptors (Lipinski definition) is 4. The van der Waals surface area contributed by atoms with E-state index in [0.29, 0.717) is 19.5 Å². The highest BCUT2D eigenvalue weighted by Crippen LogP contribution is 2.20. The van der Waals surface area contributed by atoms with Gasteiger partial charge in [0, 0.05) is 45.3 Å². The van der Waals surface area contributed by atoms with E-state index >= 15 is 0 Å². The Bertz CT molecular complexity index is 587. The minimum absolute atomic E-state index is 0.0787. The minimum atomic E-state index is -0.819. The van der Waals surface area contributed by atoms with Crippen LogP contribution >= 0.6 is 0 Å². The zero-order valence-corrected chi connectivity index (χ0v) is 13.3. The highest BCUT2D eigenvalue weighted by molar-refractivity contribution is 5.77. The number of amides is 2. The molecule has 1 aromatic rings. The lowest BCUT2D eigenvalue weighted by Gasteiger charge is -2.35. The van der Waals surface area contributed by atoms with E-state index in [9.17, 15) is 9.59 Å². The Labute approximate surface area is 135 Å². The minimum Gasteiger partial charge on any atom is -0.481 e. The molecular formula is C15H23N5O3. The number of likely N-dealkylation sites (tertiary alicyclic amines) is 1. The van der Waals surface area contributed by atoms with Crippen LogP contribution in [0.3, 0.4) is 0 Å². The molecule has 3 rings (SSSR count). The van der Waals surface area contributed by atoms with Gasteiger partial charge in [-0.3, -0.25) is 9.48 Å². The highest BCUT2D eigenvalue weighted by Gasteiger charge is 2.32. The van der Waals surface area contributed by atoms with Crippen molar-refractivity contribution in [2.24, 2.45) is 13.0 Å². The Morgan fingerprint density at radius 3 is 2.78 bits per heavy atom. The van der Waals surface area contributed by atoms with E-state index in [1.54, 1.807) is 11.1 Å². The van der Waals surface area contributed by atoms with Crippen LogP contribution in [0.1, 0.15) is 19.3 Å². The maximum atomic E-state index is 12.3. The second-order valence-corrected chi connectivity index (χ2v) is 6.32. The van der Waals surface area contributed by atoms with Gasteiger partial charge in [0.1, 0.15) is 5.82 Å². The lowest BCUT2D eigenvalue weighted by atomic mass is 10.1. The topological polar surface area (TPSA) is 90.7 Å². The smallest absolute Gasteiger partial charge is 0.317 e. The van der Waals surface area contributed by atoms with E-state index in [2.05, 4.69) is 15.3 Å². The lowest BCUT2D eigenvalue weighted by molar-refractivity contribution is -0.141. The molecule has 126 valence electrons. The number of aromatic nitrogens is 2. The average molecular weight is 321 g/mol. The highest BCUT2D eigenvalue weighted by atomic mass is 16.4. The Morgan fingerprint density at radius 1 is 1.30 bits per heavy atom. The van der Waals surface area contributed by atoms with Crippen molar-refractivity contribution in [2.75, 3.05) is 31.1 Å². The summed E-state index contributed by atoms with van der Waals surface area (Å²) in [7, 11) is 1.91. The van der Waals surface area contributed by atoms with Gasteiger partial charge in [-0.15, -0.1) is 0 Å². The summed E-state index contributed by atoms with van der Waals surface area (Å²) in [5, 5.41) is 16.3. The van der Waals surface area contributed by atoms with Crippen LogP contribution in [0.5, 0.6) is 0 Å². The zero-order chi connectivity index (χ0) is 16.4. The van der Waals surface area contributed by atoms with Gasteiger partial charge in [0.05, 0.1) is 12.1 Å². The molecule has 2 saturated heterocycles. The van der Waals surface area contributed by atoms with Gasteiger partial charge in [-0.1, -0.05) is 0 Å². The van der Waals surface area contributed by atoms with Crippen LogP contribution in [0.2, 0.25) is 0 Å². The van der Waals surface area contributed by atoms with E-state index < -0.39 is 11.9 Å². The summed E-state index contributed by atoms with van der Waals surface area (Å²) in [6, 6.07) is 1.91. The van der Waals surface area contributed by atoms with Gasteiger partial charge in [-0.25, -0.2) is 4.79 Å². The number of rotatable bonds is 3. The fraction of sp³-hybridized carbons (Fsp3) is 0.667. The number of carboxylic acid groups (broad SMARTS) is 1. The van der Waals surface area contributed by atoms with Gasteiger partial charge < -0.3 is 20.2 Å². The molecule has 2 fully saturated rings. The average Bonchev–Trinajstić information content (AvgIpc) is 3.16. The monoisotopic (exact) mass is 321 g/mol. The molecule has 3 heterocycles. The van der Waals surface area contributed by atoms with Crippen molar-refractivity contribution in [3.8, 4) is 0 Å². The van der Waals surface area contributed by atoms with Crippen LogP contribution in [0, 0.1) is 5.92 Å². The first kappa shape index (κ1) is 15.6. The van der Waals surface area contributed by atoms with E-state index in [0.717, 1.165) is 31.7 Å². The van der Waals surface area contributed by atoms with Crippen LogP contribution in [-0.4, -0.2) is 64.0 Å². The lowest BCUT2D eigenvalue weighted by Crippen LogP contribution is -2.51. The normalized spacial score (nSPS) is 24.7. The summed E-state index contributed by atoms with van der Waals surface area (Å²) in [6.45, 7) is 2.53. The molecule has 1 aromatic heterocycles. The molecule has 2 unspecified atom stereocenters. The third kappa shape index (κ3) is 3.40. The van der Waals surface area contributed by atoms with Crippen LogP contribution in [-0.2, 0) is 11.8 Å². The van der Waals surface area contributed by atoms with Crippen molar-refractivity contribution in [3.05, 3.63) is 12.3 Å². The number of nitrogens with zero attached hydrogens (tertiary/aromatic N) is 4. The molecule has 0 bridgehead atoms. The van der Waals surface area contributed by atoms with E-state index in [1.165, 1.54) is 0 Å². The van der Waals surface area contributed by atoms with Crippen LogP contribution < -0.4 is 10.2 Å². The number of carboxylic acids is 1. The standard InChI is InChI=1S/C15H23N5O3/c1-18-13(4-6-16-18)19-7-2-3-12(10-19)17-15(23)20-8-5-11(9-20)14(21)22/h4,6,11-12H,2-3,5,7-10H2,1H3,(H,17,23)(H,21,22).